The first kappa shape index (κ1) is 14.6. The average molecular weight is 263 g/mol. The summed E-state index contributed by atoms with van der Waals surface area (Å²) in [5.74, 6) is 0.839. The molecule has 0 spiro atoms. The van der Waals surface area contributed by atoms with Gasteiger partial charge in [0, 0.05) is 18.8 Å². The van der Waals surface area contributed by atoms with Crippen LogP contribution in [0.2, 0.25) is 0 Å². The molecule has 0 aliphatic heterocycles. The number of rotatable bonds is 4. The molecule has 19 heavy (non-hydrogen) atoms. The van der Waals surface area contributed by atoms with Crippen molar-refractivity contribution in [2.45, 2.75) is 64.8 Å². The minimum atomic E-state index is 0.611. The predicted molar refractivity (Wildman–Crippen MR) is 80.4 cm³/mol. The number of nitrogens with zero attached hydrogens (tertiary/aromatic N) is 2. The number of likely N-dealkylation sites (N-methyl/N-ethyl adjacent to an activating group) is 1. The van der Waals surface area contributed by atoms with Crippen LogP contribution in [0.5, 0.6) is 0 Å². The van der Waals surface area contributed by atoms with E-state index in [1.54, 1.807) is 0 Å². The fourth-order valence-corrected chi connectivity index (χ4v) is 3.55. The Morgan fingerprint density at radius 3 is 2.32 bits per heavy atom. The summed E-state index contributed by atoms with van der Waals surface area (Å²) in [6.07, 6.45) is 9.60. The first-order chi connectivity index (χ1) is 9.13. The van der Waals surface area contributed by atoms with Crippen molar-refractivity contribution in [3.8, 4) is 0 Å². The van der Waals surface area contributed by atoms with Crippen LogP contribution in [0.15, 0.2) is 0 Å². The molecule has 2 rings (SSSR count). The van der Waals surface area contributed by atoms with Crippen molar-refractivity contribution in [2.75, 3.05) is 7.05 Å². The fraction of sp³-hybridized carbons (Fsp3) is 0.812. The van der Waals surface area contributed by atoms with Gasteiger partial charge in [0.25, 0.3) is 0 Å². The first-order valence-corrected chi connectivity index (χ1v) is 7.79. The van der Waals surface area contributed by atoms with Gasteiger partial charge in [-0.2, -0.15) is 5.10 Å². The van der Waals surface area contributed by atoms with Crippen molar-refractivity contribution in [1.82, 2.24) is 15.1 Å². The van der Waals surface area contributed by atoms with Crippen LogP contribution in [0.25, 0.3) is 0 Å². The molecule has 1 N–H and O–H groups in total. The molecular formula is C16H29N3. The molecule has 1 atom stereocenters. The zero-order valence-electron chi connectivity index (χ0n) is 13.0. The van der Waals surface area contributed by atoms with Crippen LogP contribution in [0.1, 0.15) is 55.5 Å². The SMILES string of the molecule is CNC(Cc1c(C)nn(C)c1C)C1CCCCCC1. The van der Waals surface area contributed by atoms with E-state index in [1.807, 2.05) is 11.7 Å². The monoisotopic (exact) mass is 263 g/mol. The molecule has 0 saturated heterocycles. The third-order valence-electron chi connectivity index (χ3n) is 4.92. The zero-order valence-corrected chi connectivity index (χ0v) is 13.0. The molecule has 0 radical (unpaired) electrons. The molecule has 0 aromatic carbocycles. The summed E-state index contributed by atoms with van der Waals surface area (Å²) in [6, 6.07) is 0.611. The highest BCUT2D eigenvalue weighted by Gasteiger charge is 2.23. The molecule has 3 nitrogen and oxygen atoms in total. The van der Waals surface area contributed by atoms with Crippen LogP contribution >= 0.6 is 0 Å². The molecular weight excluding hydrogens is 234 g/mol. The van der Waals surface area contributed by atoms with Crippen LogP contribution < -0.4 is 5.32 Å². The number of hydrogen-bond acceptors (Lipinski definition) is 2. The summed E-state index contributed by atoms with van der Waals surface area (Å²) in [6.45, 7) is 4.33. The molecule has 0 amide bonds. The van der Waals surface area contributed by atoms with E-state index >= 15 is 0 Å². The van der Waals surface area contributed by atoms with Crippen molar-refractivity contribution >= 4 is 0 Å². The number of aromatic nitrogens is 2. The maximum atomic E-state index is 4.55. The maximum absolute atomic E-state index is 4.55. The Balaban J connectivity index is 2.09. The van der Waals surface area contributed by atoms with Crippen molar-refractivity contribution in [3.05, 3.63) is 17.0 Å². The lowest BCUT2D eigenvalue weighted by Crippen LogP contribution is -2.35. The molecule has 1 aromatic rings. The zero-order chi connectivity index (χ0) is 13.8. The van der Waals surface area contributed by atoms with Gasteiger partial charge in [0.2, 0.25) is 0 Å². The number of nitrogens with one attached hydrogen (secondary N) is 1. The molecule has 1 saturated carbocycles. The van der Waals surface area contributed by atoms with Gasteiger partial charge >= 0.3 is 0 Å². The second kappa shape index (κ2) is 6.56. The van der Waals surface area contributed by atoms with Crippen molar-refractivity contribution in [1.29, 1.82) is 0 Å². The summed E-state index contributed by atoms with van der Waals surface area (Å²) >= 11 is 0. The Morgan fingerprint density at radius 1 is 1.21 bits per heavy atom. The number of aryl methyl sites for hydroxylation is 2. The Bertz CT molecular complexity index is 400. The van der Waals surface area contributed by atoms with E-state index in [0.717, 1.165) is 12.3 Å². The molecule has 3 heteroatoms. The normalized spacial score (nSPS) is 19.4. The lowest BCUT2D eigenvalue weighted by Gasteiger charge is -2.26. The lowest BCUT2D eigenvalue weighted by molar-refractivity contribution is 0.332. The van der Waals surface area contributed by atoms with Crippen LogP contribution in [0, 0.1) is 19.8 Å². The van der Waals surface area contributed by atoms with Crippen LogP contribution in [0.3, 0.4) is 0 Å². The van der Waals surface area contributed by atoms with Gasteiger partial charge in [-0.05, 0) is 51.6 Å². The van der Waals surface area contributed by atoms with Crippen LogP contribution in [-0.2, 0) is 13.5 Å². The molecule has 1 aliphatic carbocycles. The third-order valence-corrected chi connectivity index (χ3v) is 4.92. The van der Waals surface area contributed by atoms with Gasteiger partial charge in [0.15, 0.2) is 0 Å². The van der Waals surface area contributed by atoms with Gasteiger partial charge < -0.3 is 5.32 Å². The first-order valence-electron chi connectivity index (χ1n) is 7.79. The van der Waals surface area contributed by atoms with Crippen molar-refractivity contribution < 1.29 is 0 Å². The second-order valence-electron chi connectivity index (χ2n) is 6.12. The van der Waals surface area contributed by atoms with Crippen LogP contribution in [-0.4, -0.2) is 22.9 Å². The van der Waals surface area contributed by atoms with Crippen LogP contribution in [0.4, 0.5) is 0 Å². The molecule has 108 valence electrons. The largest absolute Gasteiger partial charge is 0.316 e. The topological polar surface area (TPSA) is 29.9 Å². The van der Waals surface area contributed by atoms with Gasteiger partial charge in [-0.1, -0.05) is 25.7 Å². The van der Waals surface area contributed by atoms with E-state index in [9.17, 15) is 0 Å². The predicted octanol–water partition coefficient (Wildman–Crippen LogP) is 3.14. The lowest BCUT2D eigenvalue weighted by atomic mass is 9.87. The van der Waals surface area contributed by atoms with Gasteiger partial charge in [-0.15, -0.1) is 0 Å². The second-order valence-corrected chi connectivity index (χ2v) is 6.12. The average Bonchev–Trinajstić information content (AvgIpc) is 2.64. The summed E-state index contributed by atoms with van der Waals surface area (Å²) in [4.78, 5) is 0. The summed E-state index contributed by atoms with van der Waals surface area (Å²) in [5, 5.41) is 8.13. The maximum Gasteiger partial charge on any atom is 0.0628 e. The van der Waals surface area contributed by atoms with Gasteiger partial charge in [0.1, 0.15) is 0 Å². The van der Waals surface area contributed by atoms with Gasteiger partial charge in [-0.25, -0.2) is 0 Å². The highest BCUT2D eigenvalue weighted by atomic mass is 15.3. The van der Waals surface area contributed by atoms with Crippen molar-refractivity contribution in [2.24, 2.45) is 13.0 Å². The highest BCUT2D eigenvalue weighted by Crippen LogP contribution is 2.28. The van der Waals surface area contributed by atoms with Gasteiger partial charge in [0.05, 0.1) is 5.69 Å². The molecule has 0 bridgehead atoms. The summed E-state index contributed by atoms with van der Waals surface area (Å²) < 4.78 is 2.02. The Kier molecular flexibility index (Phi) is 5.03. The van der Waals surface area contributed by atoms with E-state index < -0.39 is 0 Å². The highest BCUT2D eigenvalue weighted by molar-refractivity contribution is 5.25. The van der Waals surface area contributed by atoms with E-state index in [0.29, 0.717) is 6.04 Å². The van der Waals surface area contributed by atoms with E-state index in [4.69, 9.17) is 0 Å². The minimum absolute atomic E-state index is 0.611. The molecule has 1 aromatic heterocycles. The molecule has 1 aliphatic rings. The third kappa shape index (κ3) is 3.38. The van der Waals surface area contributed by atoms with Gasteiger partial charge in [-0.3, -0.25) is 4.68 Å². The quantitative estimate of drug-likeness (QED) is 0.846. The number of hydrogen-bond donors (Lipinski definition) is 1. The molecule has 1 heterocycles. The molecule has 1 unspecified atom stereocenters. The van der Waals surface area contributed by atoms with E-state index in [1.165, 1.54) is 55.5 Å². The van der Waals surface area contributed by atoms with Crippen molar-refractivity contribution in [3.63, 3.8) is 0 Å². The Morgan fingerprint density at radius 2 is 1.84 bits per heavy atom. The smallest absolute Gasteiger partial charge is 0.0628 e. The standard InChI is InChI=1S/C16H29N3/c1-12-15(13(2)19(4)18-12)11-16(17-3)14-9-7-5-6-8-10-14/h14,16-17H,5-11H2,1-4H3. The summed E-state index contributed by atoms with van der Waals surface area (Å²) in [5.41, 5.74) is 3.98. The molecule has 1 fully saturated rings. The van der Waals surface area contributed by atoms with E-state index in [-0.39, 0.29) is 0 Å². The Labute approximate surface area is 117 Å². The Hall–Kier alpha value is -0.830. The fourth-order valence-electron chi connectivity index (χ4n) is 3.55. The summed E-state index contributed by atoms with van der Waals surface area (Å²) in [7, 11) is 4.17. The van der Waals surface area contributed by atoms with E-state index in [2.05, 4.69) is 31.3 Å². The minimum Gasteiger partial charge on any atom is -0.316 e.